The molecule has 0 aliphatic carbocycles. The minimum absolute atomic E-state index is 0.326. The summed E-state index contributed by atoms with van der Waals surface area (Å²) < 4.78 is 5.59. The number of nitrogens with zero attached hydrogens (tertiary/aromatic N) is 1. The SMILES string of the molecule is CC(C)CCCOCc1ccnc(C(N)=S)c1. The molecule has 0 saturated carbocycles. The Hall–Kier alpha value is -1.00. The summed E-state index contributed by atoms with van der Waals surface area (Å²) in [5, 5.41) is 0. The van der Waals surface area contributed by atoms with Crippen molar-refractivity contribution in [2.75, 3.05) is 6.61 Å². The van der Waals surface area contributed by atoms with Crippen LogP contribution in [-0.4, -0.2) is 16.6 Å². The van der Waals surface area contributed by atoms with Crippen molar-refractivity contribution in [2.45, 2.75) is 33.3 Å². The van der Waals surface area contributed by atoms with Gasteiger partial charge in [-0.2, -0.15) is 0 Å². The van der Waals surface area contributed by atoms with Gasteiger partial charge >= 0.3 is 0 Å². The molecule has 0 amide bonds. The summed E-state index contributed by atoms with van der Waals surface area (Å²) in [6, 6.07) is 3.80. The molecule has 1 aromatic heterocycles. The highest BCUT2D eigenvalue weighted by atomic mass is 32.1. The van der Waals surface area contributed by atoms with E-state index in [1.165, 1.54) is 6.42 Å². The third-order valence-electron chi connectivity index (χ3n) is 2.42. The second-order valence-electron chi connectivity index (χ2n) is 4.50. The molecule has 17 heavy (non-hydrogen) atoms. The molecule has 0 aliphatic rings. The molecular weight excluding hydrogens is 232 g/mol. The van der Waals surface area contributed by atoms with Crippen LogP contribution in [0.4, 0.5) is 0 Å². The standard InChI is InChI=1S/C13H20N2OS/c1-10(2)4-3-7-16-9-11-5-6-15-12(8-11)13(14)17/h5-6,8,10H,3-4,7,9H2,1-2H3,(H2,14,17). The molecule has 1 heterocycles. The Morgan fingerprint density at radius 2 is 2.29 bits per heavy atom. The van der Waals surface area contributed by atoms with Crippen LogP contribution in [0.25, 0.3) is 0 Å². The Morgan fingerprint density at radius 1 is 1.53 bits per heavy atom. The number of rotatable bonds is 7. The summed E-state index contributed by atoms with van der Waals surface area (Å²) in [6.07, 6.45) is 4.01. The zero-order chi connectivity index (χ0) is 12.7. The third-order valence-corrected chi connectivity index (χ3v) is 2.62. The maximum Gasteiger partial charge on any atom is 0.122 e. The monoisotopic (exact) mass is 252 g/mol. The summed E-state index contributed by atoms with van der Waals surface area (Å²) in [4.78, 5) is 4.41. The predicted octanol–water partition coefficient (Wildman–Crippen LogP) is 2.67. The van der Waals surface area contributed by atoms with E-state index in [0.717, 1.165) is 24.5 Å². The molecule has 0 aliphatic heterocycles. The Balaban J connectivity index is 2.31. The molecule has 4 heteroatoms. The smallest absolute Gasteiger partial charge is 0.122 e. The van der Waals surface area contributed by atoms with Gasteiger partial charge in [-0.1, -0.05) is 26.1 Å². The van der Waals surface area contributed by atoms with E-state index in [4.69, 9.17) is 22.7 Å². The fourth-order valence-corrected chi connectivity index (χ4v) is 1.59. The average Bonchev–Trinajstić information content (AvgIpc) is 2.28. The molecule has 2 N–H and O–H groups in total. The topological polar surface area (TPSA) is 48.1 Å². The van der Waals surface area contributed by atoms with E-state index in [1.807, 2.05) is 12.1 Å². The zero-order valence-corrected chi connectivity index (χ0v) is 11.3. The number of pyridine rings is 1. The van der Waals surface area contributed by atoms with Gasteiger partial charge in [-0.15, -0.1) is 0 Å². The quantitative estimate of drug-likeness (QED) is 0.598. The van der Waals surface area contributed by atoms with Gasteiger partial charge in [0.05, 0.1) is 12.3 Å². The van der Waals surface area contributed by atoms with Gasteiger partial charge in [0, 0.05) is 12.8 Å². The fourth-order valence-electron chi connectivity index (χ4n) is 1.48. The number of ether oxygens (including phenoxy) is 1. The third kappa shape index (κ3) is 5.75. The molecule has 0 aromatic carbocycles. The lowest BCUT2D eigenvalue weighted by Crippen LogP contribution is -2.11. The highest BCUT2D eigenvalue weighted by molar-refractivity contribution is 7.80. The van der Waals surface area contributed by atoms with Gasteiger partial charge in [-0.25, -0.2) is 0 Å². The van der Waals surface area contributed by atoms with Crippen molar-refractivity contribution >= 4 is 17.2 Å². The van der Waals surface area contributed by atoms with Gasteiger partial charge in [-0.05, 0) is 36.5 Å². The van der Waals surface area contributed by atoms with Gasteiger partial charge in [0.25, 0.3) is 0 Å². The summed E-state index contributed by atoms with van der Waals surface area (Å²) in [6.45, 7) is 5.83. The molecule has 0 spiro atoms. The van der Waals surface area contributed by atoms with E-state index in [9.17, 15) is 0 Å². The lowest BCUT2D eigenvalue weighted by molar-refractivity contribution is 0.115. The van der Waals surface area contributed by atoms with Crippen LogP contribution >= 0.6 is 12.2 Å². The molecule has 1 aromatic rings. The predicted molar refractivity (Wildman–Crippen MR) is 73.9 cm³/mol. The molecule has 94 valence electrons. The Morgan fingerprint density at radius 3 is 2.94 bits per heavy atom. The second-order valence-corrected chi connectivity index (χ2v) is 4.94. The Kier molecular flexibility index (Phi) is 6.08. The molecule has 1 rings (SSSR count). The van der Waals surface area contributed by atoms with Crippen LogP contribution in [0.2, 0.25) is 0 Å². The van der Waals surface area contributed by atoms with Crippen LogP contribution in [0.5, 0.6) is 0 Å². The van der Waals surface area contributed by atoms with Gasteiger partial charge in [0.15, 0.2) is 0 Å². The molecular formula is C13H20N2OS. The van der Waals surface area contributed by atoms with Gasteiger partial charge < -0.3 is 10.5 Å². The van der Waals surface area contributed by atoms with Gasteiger partial charge in [0.1, 0.15) is 4.99 Å². The van der Waals surface area contributed by atoms with E-state index in [1.54, 1.807) is 6.20 Å². The minimum Gasteiger partial charge on any atom is -0.388 e. The minimum atomic E-state index is 0.326. The van der Waals surface area contributed by atoms with Crippen molar-refractivity contribution in [3.8, 4) is 0 Å². The van der Waals surface area contributed by atoms with Crippen molar-refractivity contribution in [1.29, 1.82) is 0 Å². The fraction of sp³-hybridized carbons (Fsp3) is 0.538. The van der Waals surface area contributed by atoms with Crippen molar-refractivity contribution in [1.82, 2.24) is 4.98 Å². The maximum absolute atomic E-state index is 5.59. The first-order chi connectivity index (χ1) is 8.09. The van der Waals surface area contributed by atoms with Crippen LogP contribution in [0, 0.1) is 5.92 Å². The highest BCUT2D eigenvalue weighted by Gasteiger charge is 2.00. The largest absolute Gasteiger partial charge is 0.388 e. The normalized spacial score (nSPS) is 10.8. The van der Waals surface area contributed by atoms with Crippen LogP contribution in [-0.2, 0) is 11.3 Å². The van der Waals surface area contributed by atoms with Crippen LogP contribution < -0.4 is 5.73 Å². The lowest BCUT2D eigenvalue weighted by atomic mass is 10.1. The Labute approximate surface area is 108 Å². The Bertz CT molecular complexity index is 366. The molecule has 0 fully saturated rings. The van der Waals surface area contributed by atoms with E-state index in [0.29, 0.717) is 17.3 Å². The molecule has 0 bridgehead atoms. The van der Waals surface area contributed by atoms with Gasteiger partial charge in [-0.3, -0.25) is 4.98 Å². The van der Waals surface area contributed by atoms with Gasteiger partial charge in [0.2, 0.25) is 0 Å². The number of nitrogens with two attached hydrogens (primary N) is 1. The average molecular weight is 252 g/mol. The van der Waals surface area contributed by atoms with Crippen LogP contribution in [0.3, 0.4) is 0 Å². The number of hydrogen-bond donors (Lipinski definition) is 1. The first-order valence-electron chi connectivity index (χ1n) is 5.92. The summed E-state index contributed by atoms with van der Waals surface area (Å²) in [5.74, 6) is 0.737. The molecule has 0 radical (unpaired) electrons. The van der Waals surface area contributed by atoms with E-state index >= 15 is 0 Å². The van der Waals surface area contributed by atoms with Crippen molar-refractivity contribution < 1.29 is 4.74 Å². The summed E-state index contributed by atoms with van der Waals surface area (Å²) in [5.41, 5.74) is 7.24. The zero-order valence-electron chi connectivity index (χ0n) is 10.5. The number of thiocarbonyl (C=S) groups is 1. The second kappa shape index (κ2) is 7.35. The van der Waals surface area contributed by atoms with Crippen molar-refractivity contribution in [3.63, 3.8) is 0 Å². The molecule has 0 unspecified atom stereocenters. The first-order valence-corrected chi connectivity index (χ1v) is 6.33. The lowest BCUT2D eigenvalue weighted by Gasteiger charge is -2.07. The number of hydrogen-bond acceptors (Lipinski definition) is 3. The maximum atomic E-state index is 5.59. The van der Waals surface area contributed by atoms with Crippen molar-refractivity contribution in [3.05, 3.63) is 29.6 Å². The molecule has 0 saturated heterocycles. The van der Waals surface area contributed by atoms with Crippen molar-refractivity contribution in [2.24, 2.45) is 11.7 Å². The number of aromatic nitrogens is 1. The van der Waals surface area contributed by atoms with E-state index < -0.39 is 0 Å². The molecule has 0 atom stereocenters. The van der Waals surface area contributed by atoms with Crippen LogP contribution in [0.1, 0.15) is 37.9 Å². The highest BCUT2D eigenvalue weighted by Crippen LogP contribution is 2.06. The first kappa shape index (κ1) is 14.1. The summed E-state index contributed by atoms with van der Waals surface area (Å²) in [7, 11) is 0. The van der Waals surface area contributed by atoms with E-state index in [-0.39, 0.29) is 0 Å². The molecule has 3 nitrogen and oxygen atoms in total. The van der Waals surface area contributed by atoms with Crippen LogP contribution in [0.15, 0.2) is 18.3 Å². The van der Waals surface area contributed by atoms with E-state index in [2.05, 4.69) is 18.8 Å². The summed E-state index contributed by atoms with van der Waals surface area (Å²) >= 11 is 4.88.